The Balaban J connectivity index is 1.84. The molecule has 2 aromatic carbocycles. The van der Waals surface area contributed by atoms with E-state index < -0.39 is 29.0 Å². The molecule has 0 radical (unpaired) electrons. The Bertz CT molecular complexity index is 578. The van der Waals surface area contributed by atoms with Crippen LogP contribution in [-0.4, -0.2) is 13.2 Å². The number of rotatable bonds is 6. The molecule has 0 aromatic heterocycles. The van der Waals surface area contributed by atoms with Crippen molar-refractivity contribution >= 4 is 5.69 Å². The number of hydrogen-bond donors (Lipinski definition) is 1. The van der Waals surface area contributed by atoms with Crippen LogP contribution in [-0.2, 0) is 0 Å². The zero-order valence-electron chi connectivity index (χ0n) is 11.0. The highest BCUT2D eigenvalue weighted by atomic mass is 19.2. The third-order valence-corrected chi connectivity index (χ3v) is 2.75. The van der Waals surface area contributed by atoms with Gasteiger partial charge in [-0.1, -0.05) is 18.2 Å². The highest BCUT2D eigenvalue weighted by molar-refractivity contribution is 5.47. The molecule has 0 saturated heterocycles. The maximum atomic E-state index is 13.3. The van der Waals surface area contributed by atoms with Gasteiger partial charge in [0, 0.05) is 12.6 Å². The lowest BCUT2D eigenvalue weighted by Gasteiger charge is -2.10. The fraction of sp³-hybridized carbons (Fsp3) is 0.200. The molecule has 0 aliphatic rings. The predicted octanol–water partition coefficient (Wildman–Crippen LogP) is 4.12. The zero-order chi connectivity index (χ0) is 15.2. The molecule has 0 spiro atoms. The van der Waals surface area contributed by atoms with Crippen LogP contribution in [0.15, 0.2) is 36.4 Å². The van der Waals surface area contributed by atoms with Gasteiger partial charge in [0.15, 0.2) is 23.3 Å². The lowest BCUT2D eigenvalue weighted by Crippen LogP contribution is -2.11. The van der Waals surface area contributed by atoms with E-state index in [4.69, 9.17) is 4.74 Å². The molecule has 0 aliphatic carbocycles. The van der Waals surface area contributed by atoms with Gasteiger partial charge in [-0.25, -0.2) is 17.6 Å². The summed E-state index contributed by atoms with van der Waals surface area (Å²) in [4.78, 5) is 0. The van der Waals surface area contributed by atoms with E-state index >= 15 is 0 Å². The highest BCUT2D eigenvalue weighted by Gasteiger charge is 2.18. The quantitative estimate of drug-likeness (QED) is 0.492. The second-order valence-corrected chi connectivity index (χ2v) is 4.29. The van der Waals surface area contributed by atoms with E-state index in [0.717, 1.165) is 0 Å². The van der Waals surface area contributed by atoms with Crippen LogP contribution in [0.2, 0.25) is 0 Å². The van der Waals surface area contributed by atoms with Gasteiger partial charge in [-0.2, -0.15) is 0 Å². The third kappa shape index (κ3) is 3.87. The van der Waals surface area contributed by atoms with Gasteiger partial charge < -0.3 is 10.1 Å². The number of anilines is 1. The first-order valence-corrected chi connectivity index (χ1v) is 6.34. The average Bonchev–Trinajstić information content (AvgIpc) is 2.49. The zero-order valence-corrected chi connectivity index (χ0v) is 11.0. The van der Waals surface area contributed by atoms with Crippen LogP contribution in [0.1, 0.15) is 6.42 Å². The summed E-state index contributed by atoms with van der Waals surface area (Å²) in [5.74, 6) is -5.06. The molecule has 0 amide bonds. The molecule has 0 bridgehead atoms. The molecule has 112 valence electrons. The minimum atomic E-state index is -1.43. The Kier molecular flexibility index (Phi) is 5.03. The smallest absolute Gasteiger partial charge is 0.185 e. The van der Waals surface area contributed by atoms with Crippen LogP contribution in [0.4, 0.5) is 23.2 Å². The van der Waals surface area contributed by atoms with Gasteiger partial charge in [-0.3, -0.25) is 0 Å². The third-order valence-electron chi connectivity index (χ3n) is 2.75. The summed E-state index contributed by atoms with van der Waals surface area (Å²) in [5.41, 5.74) is -0.799. The average molecular weight is 299 g/mol. The van der Waals surface area contributed by atoms with Gasteiger partial charge in [0.25, 0.3) is 0 Å². The van der Waals surface area contributed by atoms with Crippen LogP contribution < -0.4 is 10.1 Å². The van der Waals surface area contributed by atoms with Crippen molar-refractivity contribution in [1.82, 2.24) is 0 Å². The SMILES string of the molecule is Fc1cc(F)c(F)c(NCCCOc2ccccc2)c1F. The number of nitrogens with one attached hydrogen (secondary N) is 1. The molecule has 2 aromatic rings. The lowest BCUT2D eigenvalue weighted by molar-refractivity contribution is 0.315. The normalized spacial score (nSPS) is 10.5. The second kappa shape index (κ2) is 6.97. The molecule has 0 unspecified atom stereocenters. The summed E-state index contributed by atoms with van der Waals surface area (Å²) in [5, 5.41) is 2.34. The monoisotopic (exact) mass is 299 g/mol. The summed E-state index contributed by atoms with van der Waals surface area (Å²) in [6, 6.07) is 9.19. The summed E-state index contributed by atoms with van der Waals surface area (Å²) < 4.78 is 58.0. The summed E-state index contributed by atoms with van der Waals surface area (Å²) >= 11 is 0. The van der Waals surface area contributed by atoms with Crippen LogP contribution in [0.25, 0.3) is 0 Å². The topological polar surface area (TPSA) is 21.3 Å². The number of ether oxygens (including phenoxy) is 1. The molecule has 2 nitrogen and oxygen atoms in total. The standard InChI is InChI=1S/C15H13F4NO/c16-11-9-12(17)14(19)15(13(11)18)20-7-4-8-21-10-5-2-1-3-6-10/h1-3,5-6,9,20H,4,7-8H2. The molecule has 0 fully saturated rings. The first-order chi connectivity index (χ1) is 10.1. The molecular formula is C15H13F4NO. The summed E-state index contributed by atoms with van der Waals surface area (Å²) in [6.45, 7) is 0.418. The fourth-order valence-corrected chi connectivity index (χ4v) is 1.72. The molecule has 2 rings (SSSR count). The van der Waals surface area contributed by atoms with Crippen LogP contribution in [0, 0.1) is 23.3 Å². The van der Waals surface area contributed by atoms with Gasteiger partial charge in [-0.15, -0.1) is 0 Å². The van der Waals surface area contributed by atoms with E-state index in [2.05, 4.69) is 5.32 Å². The van der Waals surface area contributed by atoms with E-state index in [1.165, 1.54) is 0 Å². The van der Waals surface area contributed by atoms with Gasteiger partial charge in [0.2, 0.25) is 0 Å². The largest absolute Gasteiger partial charge is 0.494 e. The van der Waals surface area contributed by atoms with E-state index in [0.29, 0.717) is 18.8 Å². The molecule has 0 atom stereocenters. The van der Waals surface area contributed by atoms with Crippen LogP contribution in [0.3, 0.4) is 0 Å². The van der Waals surface area contributed by atoms with Crippen molar-refractivity contribution < 1.29 is 22.3 Å². The van der Waals surface area contributed by atoms with Gasteiger partial charge in [0.1, 0.15) is 11.4 Å². The van der Waals surface area contributed by atoms with Crippen molar-refractivity contribution in [3.8, 4) is 5.75 Å². The van der Waals surface area contributed by atoms with Crippen molar-refractivity contribution in [1.29, 1.82) is 0 Å². The predicted molar refractivity (Wildman–Crippen MR) is 71.3 cm³/mol. The van der Waals surface area contributed by atoms with E-state index in [-0.39, 0.29) is 12.6 Å². The first-order valence-electron chi connectivity index (χ1n) is 6.34. The lowest BCUT2D eigenvalue weighted by atomic mass is 10.2. The molecule has 6 heteroatoms. The number of benzene rings is 2. The van der Waals surface area contributed by atoms with E-state index in [1.54, 1.807) is 12.1 Å². The minimum absolute atomic E-state index is 0.115. The summed E-state index contributed by atoms with van der Waals surface area (Å²) in [7, 11) is 0. The number of hydrogen-bond acceptors (Lipinski definition) is 2. The van der Waals surface area contributed by atoms with Crippen molar-refractivity contribution in [3.63, 3.8) is 0 Å². The molecule has 0 heterocycles. The second-order valence-electron chi connectivity index (χ2n) is 4.29. The van der Waals surface area contributed by atoms with Gasteiger partial charge >= 0.3 is 0 Å². The van der Waals surface area contributed by atoms with Crippen LogP contribution in [0.5, 0.6) is 5.75 Å². The Hall–Kier alpha value is -2.24. The Morgan fingerprint density at radius 2 is 1.52 bits per heavy atom. The van der Waals surface area contributed by atoms with Crippen LogP contribution >= 0.6 is 0 Å². The maximum Gasteiger partial charge on any atom is 0.185 e. The Labute approximate surface area is 119 Å². The van der Waals surface area contributed by atoms with Crippen molar-refractivity contribution in [3.05, 3.63) is 59.7 Å². The fourth-order valence-electron chi connectivity index (χ4n) is 1.72. The maximum absolute atomic E-state index is 13.3. The molecular weight excluding hydrogens is 286 g/mol. The van der Waals surface area contributed by atoms with E-state index in [1.807, 2.05) is 18.2 Å². The van der Waals surface area contributed by atoms with Gasteiger partial charge in [-0.05, 0) is 18.6 Å². The van der Waals surface area contributed by atoms with E-state index in [9.17, 15) is 17.6 Å². The van der Waals surface area contributed by atoms with Crippen molar-refractivity contribution in [2.24, 2.45) is 0 Å². The highest BCUT2D eigenvalue weighted by Crippen LogP contribution is 2.23. The molecule has 21 heavy (non-hydrogen) atoms. The number of halogens is 4. The Morgan fingerprint density at radius 3 is 2.14 bits per heavy atom. The number of para-hydroxylation sites is 1. The summed E-state index contributed by atoms with van der Waals surface area (Å²) in [6.07, 6.45) is 0.409. The Morgan fingerprint density at radius 1 is 0.905 bits per heavy atom. The first kappa shape index (κ1) is 15.2. The minimum Gasteiger partial charge on any atom is -0.494 e. The molecule has 0 saturated carbocycles. The van der Waals surface area contributed by atoms with Gasteiger partial charge in [0.05, 0.1) is 6.61 Å². The molecule has 1 N–H and O–H groups in total. The van der Waals surface area contributed by atoms with Crippen molar-refractivity contribution in [2.75, 3.05) is 18.5 Å². The van der Waals surface area contributed by atoms with Crippen molar-refractivity contribution in [2.45, 2.75) is 6.42 Å². The molecule has 0 aliphatic heterocycles.